The standard InChI is InChI=1S/C14H18N6OS.ClH/c1-22-14-17-7-4-10(18-14)11-8-12(13(15)21)20(19-11)9-2-5-16-6-3-9;/h4,7-9,16H,2-3,5-6H2,1H3,(H2,15,21);1H. The number of aromatic nitrogens is 4. The molecule has 0 aromatic carbocycles. The van der Waals surface area contributed by atoms with Crippen molar-refractivity contribution in [2.75, 3.05) is 19.3 Å². The maximum atomic E-state index is 11.7. The highest BCUT2D eigenvalue weighted by Gasteiger charge is 2.23. The molecule has 7 nitrogen and oxygen atoms in total. The largest absolute Gasteiger partial charge is 0.364 e. The molecule has 1 aliphatic heterocycles. The molecular formula is C14H19ClN6OS. The Morgan fingerprint density at radius 1 is 1.39 bits per heavy atom. The number of carbonyl (C=O) groups is 1. The van der Waals surface area contributed by atoms with Gasteiger partial charge < -0.3 is 11.1 Å². The molecule has 0 bridgehead atoms. The summed E-state index contributed by atoms with van der Waals surface area (Å²) in [5, 5.41) is 8.57. The first-order valence-electron chi connectivity index (χ1n) is 7.16. The van der Waals surface area contributed by atoms with E-state index in [1.54, 1.807) is 23.0 Å². The van der Waals surface area contributed by atoms with Gasteiger partial charge in [0.15, 0.2) is 5.16 Å². The fourth-order valence-electron chi connectivity index (χ4n) is 2.62. The molecule has 23 heavy (non-hydrogen) atoms. The van der Waals surface area contributed by atoms with Crippen molar-refractivity contribution < 1.29 is 4.79 Å². The minimum absolute atomic E-state index is 0. The van der Waals surface area contributed by atoms with Crippen LogP contribution in [-0.2, 0) is 0 Å². The number of carbonyl (C=O) groups excluding carboxylic acids is 1. The van der Waals surface area contributed by atoms with Gasteiger partial charge in [0.25, 0.3) is 5.91 Å². The van der Waals surface area contributed by atoms with Crippen LogP contribution in [0, 0.1) is 0 Å². The first-order chi connectivity index (χ1) is 10.7. The van der Waals surface area contributed by atoms with Crippen molar-refractivity contribution in [3.63, 3.8) is 0 Å². The second kappa shape index (κ2) is 7.76. The lowest BCUT2D eigenvalue weighted by atomic mass is 10.1. The summed E-state index contributed by atoms with van der Waals surface area (Å²) in [4.78, 5) is 20.3. The van der Waals surface area contributed by atoms with Crippen molar-refractivity contribution >= 4 is 30.1 Å². The Hall–Kier alpha value is -1.64. The number of nitrogens with one attached hydrogen (secondary N) is 1. The van der Waals surface area contributed by atoms with Crippen molar-refractivity contribution in [3.8, 4) is 11.4 Å². The zero-order valence-corrected chi connectivity index (χ0v) is 14.4. The molecule has 0 saturated carbocycles. The fourth-order valence-corrected chi connectivity index (χ4v) is 2.97. The minimum atomic E-state index is -0.462. The Morgan fingerprint density at radius 3 is 2.78 bits per heavy atom. The molecule has 9 heteroatoms. The number of amides is 1. The van der Waals surface area contributed by atoms with E-state index in [0.717, 1.165) is 25.9 Å². The SMILES string of the molecule is CSc1nccc(-c2cc(C(N)=O)n(C3CCNCC3)n2)n1.Cl. The Balaban J connectivity index is 0.00000192. The van der Waals surface area contributed by atoms with Crippen molar-refractivity contribution in [1.29, 1.82) is 0 Å². The summed E-state index contributed by atoms with van der Waals surface area (Å²) in [6.07, 6.45) is 5.48. The highest BCUT2D eigenvalue weighted by molar-refractivity contribution is 7.98. The van der Waals surface area contributed by atoms with Crippen LogP contribution in [0.25, 0.3) is 11.4 Å². The van der Waals surface area contributed by atoms with Crippen molar-refractivity contribution in [3.05, 3.63) is 24.0 Å². The van der Waals surface area contributed by atoms with Gasteiger partial charge in [0.05, 0.1) is 11.7 Å². The van der Waals surface area contributed by atoms with Gasteiger partial charge in [-0.1, -0.05) is 11.8 Å². The van der Waals surface area contributed by atoms with Crippen molar-refractivity contribution in [2.45, 2.75) is 24.0 Å². The number of hydrogen-bond donors (Lipinski definition) is 2. The lowest BCUT2D eigenvalue weighted by Gasteiger charge is -2.24. The van der Waals surface area contributed by atoms with E-state index < -0.39 is 5.91 Å². The van der Waals surface area contributed by atoms with Crippen LogP contribution >= 0.6 is 24.2 Å². The van der Waals surface area contributed by atoms with Gasteiger partial charge in [-0.05, 0) is 44.3 Å². The average molecular weight is 355 g/mol. The predicted octanol–water partition coefficient (Wildman–Crippen LogP) is 1.51. The maximum absolute atomic E-state index is 11.7. The maximum Gasteiger partial charge on any atom is 0.267 e. The van der Waals surface area contributed by atoms with Crippen LogP contribution in [0.1, 0.15) is 29.4 Å². The molecule has 1 aliphatic rings. The summed E-state index contributed by atoms with van der Waals surface area (Å²) in [6, 6.07) is 3.70. The van der Waals surface area contributed by atoms with Gasteiger partial charge in [0, 0.05) is 6.20 Å². The van der Waals surface area contributed by atoms with Crippen LogP contribution in [0.3, 0.4) is 0 Å². The van der Waals surface area contributed by atoms with Crippen LogP contribution in [0.5, 0.6) is 0 Å². The second-order valence-corrected chi connectivity index (χ2v) is 5.91. The van der Waals surface area contributed by atoms with E-state index in [1.165, 1.54) is 11.8 Å². The number of nitrogens with two attached hydrogens (primary N) is 1. The molecule has 0 atom stereocenters. The van der Waals surface area contributed by atoms with Crippen molar-refractivity contribution in [2.24, 2.45) is 5.73 Å². The molecule has 2 aromatic rings. The van der Waals surface area contributed by atoms with Crippen LogP contribution < -0.4 is 11.1 Å². The molecule has 0 aliphatic carbocycles. The molecule has 3 heterocycles. The summed E-state index contributed by atoms with van der Waals surface area (Å²) in [7, 11) is 0. The molecule has 124 valence electrons. The summed E-state index contributed by atoms with van der Waals surface area (Å²) in [5.74, 6) is -0.462. The van der Waals surface area contributed by atoms with Crippen molar-refractivity contribution in [1.82, 2.24) is 25.1 Å². The highest BCUT2D eigenvalue weighted by Crippen LogP contribution is 2.25. The number of thioether (sulfide) groups is 1. The quantitative estimate of drug-likeness (QED) is 0.637. The lowest BCUT2D eigenvalue weighted by Crippen LogP contribution is -2.32. The normalized spacial score (nSPS) is 15.2. The third-order valence-corrected chi connectivity index (χ3v) is 4.28. The van der Waals surface area contributed by atoms with Crippen LogP contribution in [0.15, 0.2) is 23.5 Å². The fraction of sp³-hybridized carbons (Fsp3) is 0.429. The summed E-state index contributed by atoms with van der Waals surface area (Å²) in [6.45, 7) is 1.84. The topological polar surface area (TPSA) is 98.7 Å². The first kappa shape index (κ1) is 17.7. The van der Waals surface area contributed by atoms with E-state index in [4.69, 9.17) is 5.73 Å². The Bertz CT molecular complexity index is 686. The van der Waals surface area contributed by atoms with Gasteiger partial charge in [-0.15, -0.1) is 12.4 Å². The van der Waals surface area contributed by atoms with E-state index in [-0.39, 0.29) is 18.4 Å². The van der Waals surface area contributed by atoms with Gasteiger partial charge in [0.2, 0.25) is 0 Å². The number of primary amides is 1. The molecule has 2 aromatic heterocycles. The third kappa shape index (κ3) is 3.82. The second-order valence-electron chi connectivity index (χ2n) is 5.13. The van der Waals surface area contributed by atoms with E-state index in [2.05, 4.69) is 20.4 Å². The molecule has 1 saturated heterocycles. The molecule has 0 unspecified atom stereocenters. The summed E-state index contributed by atoms with van der Waals surface area (Å²) in [5.41, 5.74) is 7.31. The van der Waals surface area contributed by atoms with Gasteiger partial charge >= 0.3 is 0 Å². The van der Waals surface area contributed by atoms with E-state index in [1.807, 2.05) is 6.26 Å². The molecular weight excluding hydrogens is 336 g/mol. The van der Waals surface area contributed by atoms with E-state index in [0.29, 0.717) is 22.2 Å². The highest BCUT2D eigenvalue weighted by atomic mass is 35.5. The average Bonchev–Trinajstić information content (AvgIpc) is 3.01. The van der Waals surface area contributed by atoms with Gasteiger partial charge in [0.1, 0.15) is 11.4 Å². The van der Waals surface area contributed by atoms with Gasteiger partial charge in [-0.3, -0.25) is 9.48 Å². The van der Waals surface area contributed by atoms with E-state index >= 15 is 0 Å². The van der Waals surface area contributed by atoms with Crippen LogP contribution in [0.2, 0.25) is 0 Å². The van der Waals surface area contributed by atoms with E-state index in [9.17, 15) is 4.79 Å². The number of rotatable bonds is 4. The van der Waals surface area contributed by atoms with Crippen LogP contribution in [-0.4, -0.2) is 45.0 Å². The molecule has 0 spiro atoms. The molecule has 1 fully saturated rings. The smallest absolute Gasteiger partial charge is 0.267 e. The summed E-state index contributed by atoms with van der Waals surface area (Å²) >= 11 is 1.47. The third-order valence-electron chi connectivity index (χ3n) is 3.72. The Morgan fingerprint density at radius 2 is 2.13 bits per heavy atom. The lowest BCUT2D eigenvalue weighted by molar-refractivity contribution is 0.0985. The summed E-state index contributed by atoms with van der Waals surface area (Å²) < 4.78 is 1.76. The predicted molar refractivity (Wildman–Crippen MR) is 91.9 cm³/mol. The number of halogens is 1. The Labute approximate surface area is 144 Å². The molecule has 3 rings (SSSR count). The monoisotopic (exact) mass is 354 g/mol. The minimum Gasteiger partial charge on any atom is -0.364 e. The van der Waals surface area contributed by atoms with Gasteiger partial charge in [-0.2, -0.15) is 5.10 Å². The number of piperidine rings is 1. The van der Waals surface area contributed by atoms with Crippen LogP contribution in [0.4, 0.5) is 0 Å². The van der Waals surface area contributed by atoms with Gasteiger partial charge in [-0.25, -0.2) is 9.97 Å². The molecule has 1 amide bonds. The number of hydrogen-bond acceptors (Lipinski definition) is 6. The molecule has 0 radical (unpaired) electrons. The zero-order chi connectivity index (χ0) is 15.5. The Kier molecular flexibility index (Phi) is 5.97. The zero-order valence-electron chi connectivity index (χ0n) is 12.7. The first-order valence-corrected chi connectivity index (χ1v) is 8.39. The molecule has 3 N–H and O–H groups in total. The number of nitrogens with zero attached hydrogens (tertiary/aromatic N) is 4.